The molecule has 2 aliphatic rings. The average molecular weight is 900 g/mol. The summed E-state index contributed by atoms with van der Waals surface area (Å²) in [6.45, 7) is 5.49. The highest BCUT2D eigenvalue weighted by molar-refractivity contribution is 9.10. The molecule has 0 amide bonds. The molecular formula is C36H35BrCl6N10. The molecule has 10 nitrogen and oxygen atoms in total. The number of halogens is 7. The second-order valence-electron chi connectivity index (χ2n) is 13.2. The summed E-state index contributed by atoms with van der Waals surface area (Å²) in [4.78, 5) is 29.0. The summed E-state index contributed by atoms with van der Waals surface area (Å²) in [7, 11) is 0. The number of hydrogen-bond acceptors (Lipinski definition) is 8. The van der Waals surface area contributed by atoms with Crippen LogP contribution in [0.15, 0.2) is 59.1 Å². The van der Waals surface area contributed by atoms with Crippen molar-refractivity contribution in [2.45, 2.75) is 25.7 Å². The first-order chi connectivity index (χ1) is 25.5. The standard InChI is InChI=1S/C18H17BrCl3N5.C18H18Cl3N5/c19-14-7-15-17(25-16(14)22)26-18(24-15)27-3-1-2-10(9-27)8-23-13-5-11(20)4-12(21)6-13;19-12-6-13(20)8-14(7-12)22-9-11-2-1-5-26(10-11)18-23-15-3-4-16(21)24-17(15)25-18/h4-7,10,23H,1-3,8-9H2,(H,24,25,26);3-4,6-8,11,22H,1-2,5,9-10H2,(H,23,24,25). The van der Waals surface area contributed by atoms with Crippen molar-refractivity contribution in [3.05, 3.63) is 89.5 Å². The summed E-state index contributed by atoms with van der Waals surface area (Å²) >= 11 is 39.7. The second-order valence-corrected chi connectivity index (χ2v) is 16.6. The molecule has 2 fully saturated rings. The van der Waals surface area contributed by atoms with Gasteiger partial charge in [-0.1, -0.05) is 69.6 Å². The molecule has 17 heteroatoms. The first-order valence-corrected chi connectivity index (χ1v) is 20.2. The first kappa shape index (κ1) is 38.4. The maximum Gasteiger partial charge on any atom is 0.205 e. The van der Waals surface area contributed by atoms with Crippen LogP contribution >= 0.6 is 85.5 Å². The van der Waals surface area contributed by atoms with Crippen molar-refractivity contribution in [1.29, 1.82) is 0 Å². The molecule has 2 aliphatic heterocycles. The van der Waals surface area contributed by atoms with E-state index in [0.29, 0.717) is 53.5 Å². The molecule has 4 N–H and O–H groups in total. The predicted molar refractivity (Wildman–Crippen MR) is 225 cm³/mol. The molecule has 2 saturated heterocycles. The van der Waals surface area contributed by atoms with E-state index in [-0.39, 0.29) is 0 Å². The minimum Gasteiger partial charge on any atom is -0.385 e. The van der Waals surface area contributed by atoms with E-state index >= 15 is 0 Å². The van der Waals surface area contributed by atoms with E-state index in [0.717, 1.165) is 97.3 Å². The molecule has 8 rings (SSSR count). The Labute approximate surface area is 345 Å². The Morgan fingerprint density at radius 2 is 1.11 bits per heavy atom. The molecule has 278 valence electrons. The zero-order valence-electron chi connectivity index (χ0n) is 28.3. The Kier molecular flexibility index (Phi) is 12.5. The van der Waals surface area contributed by atoms with Crippen molar-refractivity contribution >= 4 is 131 Å². The number of H-pyrrole nitrogens is 2. The fraction of sp³-hybridized carbons (Fsp3) is 0.333. The number of aromatic amines is 2. The van der Waals surface area contributed by atoms with Crippen molar-refractivity contribution in [2.24, 2.45) is 11.8 Å². The number of pyridine rings is 2. The fourth-order valence-corrected chi connectivity index (χ4v) is 8.37. The topological polar surface area (TPSA) is 114 Å². The molecular weight excluding hydrogens is 865 g/mol. The lowest BCUT2D eigenvalue weighted by atomic mass is 9.98. The molecule has 0 saturated carbocycles. The maximum absolute atomic E-state index is 6.07. The molecule has 0 spiro atoms. The van der Waals surface area contributed by atoms with Gasteiger partial charge in [-0.15, -0.1) is 0 Å². The Morgan fingerprint density at radius 1 is 0.623 bits per heavy atom. The van der Waals surface area contributed by atoms with E-state index in [2.05, 4.69) is 66.3 Å². The second kappa shape index (κ2) is 17.3. The van der Waals surface area contributed by atoms with Crippen LogP contribution in [0.3, 0.4) is 0 Å². The van der Waals surface area contributed by atoms with Gasteiger partial charge >= 0.3 is 0 Å². The molecule has 4 aromatic heterocycles. The fourth-order valence-electron chi connectivity index (χ4n) is 6.72. The molecule has 2 unspecified atom stereocenters. The summed E-state index contributed by atoms with van der Waals surface area (Å²) in [6.07, 6.45) is 4.56. The summed E-state index contributed by atoms with van der Waals surface area (Å²) in [5.74, 6) is 2.69. The lowest BCUT2D eigenvalue weighted by Crippen LogP contribution is -2.38. The molecule has 0 bridgehead atoms. The molecule has 2 aromatic carbocycles. The number of nitrogens with one attached hydrogen (secondary N) is 4. The average Bonchev–Trinajstić information content (AvgIpc) is 3.74. The van der Waals surface area contributed by atoms with Crippen LogP contribution < -0.4 is 20.4 Å². The van der Waals surface area contributed by atoms with Gasteiger partial charge < -0.3 is 30.4 Å². The Bertz CT molecular complexity index is 2130. The maximum atomic E-state index is 6.07. The number of imidazole rings is 2. The van der Waals surface area contributed by atoms with Crippen LogP contribution in [0.25, 0.3) is 22.3 Å². The van der Waals surface area contributed by atoms with Gasteiger partial charge in [0, 0.05) is 70.7 Å². The Balaban J connectivity index is 0.000000164. The zero-order valence-corrected chi connectivity index (χ0v) is 34.4. The minimum absolute atomic E-state index is 0.418. The third-order valence-corrected chi connectivity index (χ3v) is 11.4. The molecule has 6 aromatic rings. The van der Waals surface area contributed by atoms with Crippen LogP contribution in [0.5, 0.6) is 0 Å². The van der Waals surface area contributed by atoms with Crippen molar-refractivity contribution in [3.8, 4) is 0 Å². The van der Waals surface area contributed by atoms with E-state index in [1.54, 1.807) is 18.2 Å². The lowest BCUT2D eigenvalue weighted by Gasteiger charge is -2.32. The van der Waals surface area contributed by atoms with Crippen LogP contribution in [-0.2, 0) is 0 Å². The van der Waals surface area contributed by atoms with Gasteiger partial charge in [-0.2, -0.15) is 9.97 Å². The summed E-state index contributed by atoms with van der Waals surface area (Å²) in [5, 5.41) is 10.3. The van der Waals surface area contributed by atoms with Gasteiger partial charge in [-0.25, -0.2) is 9.97 Å². The van der Waals surface area contributed by atoms with Gasteiger partial charge in [0.05, 0.1) is 15.5 Å². The number of hydrogen-bond donors (Lipinski definition) is 4. The monoisotopic (exact) mass is 896 g/mol. The zero-order chi connectivity index (χ0) is 37.1. The van der Waals surface area contributed by atoms with Crippen molar-refractivity contribution < 1.29 is 0 Å². The first-order valence-electron chi connectivity index (χ1n) is 17.2. The third kappa shape index (κ3) is 10.1. The highest BCUT2D eigenvalue weighted by Gasteiger charge is 2.24. The SMILES string of the molecule is Clc1cc(Cl)cc(NCC2CCCN(c3nc4nc(Cl)c(Br)cc4[nH]3)C2)c1.Clc1cc(Cl)cc(NCC2CCCN(c3nc4nc(Cl)ccc4[nH]3)C2)c1. The van der Waals surface area contributed by atoms with Crippen molar-refractivity contribution in [2.75, 3.05) is 59.7 Å². The number of aromatic nitrogens is 6. The highest BCUT2D eigenvalue weighted by Crippen LogP contribution is 2.30. The smallest absolute Gasteiger partial charge is 0.205 e. The largest absolute Gasteiger partial charge is 0.385 e. The molecule has 0 radical (unpaired) electrons. The van der Waals surface area contributed by atoms with Gasteiger partial charge in [-0.05, 0) is 108 Å². The summed E-state index contributed by atoms with van der Waals surface area (Å²) in [6, 6.07) is 16.6. The van der Waals surface area contributed by atoms with Gasteiger partial charge in [0.25, 0.3) is 0 Å². The van der Waals surface area contributed by atoms with E-state index in [1.807, 2.05) is 36.4 Å². The quantitative estimate of drug-likeness (QED) is 0.112. The number of nitrogens with zero attached hydrogens (tertiary/aromatic N) is 6. The third-order valence-electron chi connectivity index (χ3n) is 9.22. The van der Waals surface area contributed by atoms with E-state index < -0.39 is 0 Å². The Morgan fingerprint density at radius 3 is 1.64 bits per heavy atom. The number of anilines is 4. The van der Waals surface area contributed by atoms with Gasteiger partial charge in [0.15, 0.2) is 11.3 Å². The molecule has 2 atom stereocenters. The molecule has 6 heterocycles. The molecule has 53 heavy (non-hydrogen) atoms. The number of rotatable bonds is 8. The number of fused-ring (bicyclic) bond motifs is 2. The van der Waals surface area contributed by atoms with Crippen LogP contribution in [-0.4, -0.2) is 69.2 Å². The summed E-state index contributed by atoms with van der Waals surface area (Å²) in [5.41, 5.74) is 4.95. The molecule has 0 aliphatic carbocycles. The van der Waals surface area contributed by atoms with Crippen molar-refractivity contribution in [3.63, 3.8) is 0 Å². The van der Waals surface area contributed by atoms with Gasteiger partial charge in [0.2, 0.25) is 11.9 Å². The number of benzene rings is 2. The highest BCUT2D eigenvalue weighted by atomic mass is 79.9. The summed E-state index contributed by atoms with van der Waals surface area (Å²) < 4.78 is 0.757. The van der Waals surface area contributed by atoms with Gasteiger partial charge in [0.1, 0.15) is 10.3 Å². The normalized spacial score (nSPS) is 17.6. The van der Waals surface area contributed by atoms with Crippen molar-refractivity contribution in [1.82, 2.24) is 29.9 Å². The minimum atomic E-state index is 0.418. The predicted octanol–water partition coefficient (Wildman–Crippen LogP) is 11.3. The number of piperidine rings is 2. The van der Waals surface area contributed by atoms with Crippen LogP contribution in [0, 0.1) is 11.8 Å². The lowest BCUT2D eigenvalue weighted by molar-refractivity contribution is 0.429. The Hall–Kier alpha value is -2.90. The van der Waals surface area contributed by atoms with E-state index in [1.165, 1.54) is 6.42 Å². The van der Waals surface area contributed by atoms with Crippen LogP contribution in [0.2, 0.25) is 30.4 Å². The van der Waals surface area contributed by atoms with Crippen LogP contribution in [0.4, 0.5) is 23.3 Å². The van der Waals surface area contributed by atoms with E-state index in [4.69, 9.17) is 69.6 Å². The van der Waals surface area contributed by atoms with Crippen LogP contribution in [0.1, 0.15) is 25.7 Å². The van der Waals surface area contributed by atoms with E-state index in [9.17, 15) is 0 Å². The van der Waals surface area contributed by atoms with Gasteiger partial charge in [-0.3, -0.25) is 0 Å².